The molecule has 3 aromatic rings. The van der Waals surface area contributed by atoms with E-state index in [2.05, 4.69) is 5.32 Å². The highest BCUT2D eigenvalue weighted by molar-refractivity contribution is 7.89. The zero-order valence-electron chi connectivity index (χ0n) is 17.4. The van der Waals surface area contributed by atoms with E-state index in [0.29, 0.717) is 30.8 Å². The van der Waals surface area contributed by atoms with Gasteiger partial charge in [0.05, 0.1) is 16.0 Å². The molecule has 0 spiro atoms. The maximum atomic E-state index is 13.9. The third-order valence-electron chi connectivity index (χ3n) is 5.62. The van der Waals surface area contributed by atoms with Gasteiger partial charge in [0, 0.05) is 31.2 Å². The highest BCUT2D eigenvalue weighted by Crippen LogP contribution is 2.34. The van der Waals surface area contributed by atoms with Gasteiger partial charge in [0.15, 0.2) is 0 Å². The number of rotatable bonds is 4. The van der Waals surface area contributed by atoms with Crippen LogP contribution in [0.4, 0.5) is 22.4 Å². The molecule has 4 rings (SSSR count). The van der Waals surface area contributed by atoms with Crippen molar-refractivity contribution in [3.05, 3.63) is 65.6 Å². The minimum atomic E-state index is -4.84. The van der Waals surface area contributed by atoms with Crippen molar-refractivity contribution >= 4 is 27.0 Å². The molecular weight excluding hydrogens is 462 g/mol. The molecule has 0 bridgehead atoms. The average Bonchev–Trinajstić information content (AvgIpc) is 3.20. The molecular formula is C22H21F4N3O3S. The Morgan fingerprint density at radius 3 is 2.30 bits per heavy atom. The minimum Gasteiger partial charge on any atom is -0.333 e. The molecule has 11 heteroatoms. The van der Waals surface area contributed by atoms with Crippen molar-refractivity contribution in [3.63, 3.8) is 0 Å². The summed E-state index contributed by atoms with van der Waals surface area (Å²) in [6, 6.07) is 8.10. The Labute approximate surface area is 187 Å². The van der Waals surface area contributed by atoms with Crippen LogP contribution in [-0.2, 0) is 22.7 Å². The van der Waals surface area contributed by atoms with Crippen molar-refractivity contribution in [2.45, 2.75) is 36.9 Å². The van der Waals surface area contributed by atoms with Crippen LogP contribution in [0.2, 0.25) is 0 Å². The lowest BCUT2D eigenvalue weighted by molar-refractivity contribution is -0.139. The van der Waals surface area contributed by atoms with Gasteiger partial charge in [0.25, 0.3) is 0 Å². The normalized spacial score (nSPS) is 15.6. The van der Waals surface area contributed by atoms with Gasteiger partial charge in [-0.3, -0.25) is 4.57 Å². The first kappa shape index (κ1) is 23.2. The molecule has 2 aromatic carbocycles. The van der Waals surface area contributed by atoms with Gasteiger partial charge < -0.3 is 5.32 Å². The van der Waals surface area contributed by atoms with Crippen LogP contribution >= 0.6 is 0 Å². The zero-order chi connectivity index (χ0) is 23.8. The fourth-order valence-corrected chi connectivity index (χ4v) is 5.36. The van der Waals surface area contributed by atoms with E-state index < -0.39 is 33.6 Å². The summed E-state index contributed by atoms with van der Waals surface area (Å²) in [7, 11) is -3.56. The molecule has 1 aromatic heterocycles. The summed E-state index contributed by atoms with van der Waals surface area (Å²) in [5.74, 6) is -1.46. The number of carbonyl (C=O) groups is 1. The van der Waals surface area contributed by atoms with Gasteiger partial charge in [-0.2, -0.15) is 17.5 Å². The number of halogens is 4. The van der Waals surface area contributed by atoms with Crippen molar-refractivity contribution in [1.82, 2.24) is 14.2 Å². The van der Waals surface area contributed by atoms with Gasteiger partial charge >= 0.3 is 12.2 Å². The van der Waals surface area contributed by atoms with Gasteiger partial charge in [0.1, 0.15) is 5.82 Å². The Morgan fingerprint density at radius 2 is 1.67 bits per heavy atom. The van der Waals surface area contributed by atoms with Crippen molar-refractivity contribution in [2.75, 3.05) is 13.1 Å². The number of nitrogens with zero attached hydrogens (tertiary/aromatic N) is 2. The van der Waals surface area contributed by atoms with Crippen LogP contribution in [0, 0.1) is 5.82 Å². The first-order chi connectivity index (χ1) is 15.6. The van der Waals surface area contributed by atoms with Crippen LogP contribution in [0.3, 0.4) is 0 Å². The quantitative estimate of drug-likeness (QED) is 0.546. The number of alkyl halides is 3. The maximum absolute atomic E-state index is 13.9. The van der Waals surface area contributed by atoms with Gasteiger partial charge in [-0.25, -0.2) is 17.6 Å². The number of benzene rings is 2. The number of hydrogen-bond acceptors (Lipinski definition) is 3. The summed E-state index contributed by atoms with van der Waals surface area (Å²) in [5.41, 5.74) is -0.767. The number of amides is 1. The molecule has 2 heterocycles. The summed E-state index contributed by atoms with van der Waals surface area (Å²) in [6.45, 7) is 1.04. The lowest BCUT2D eigenvalue weighted by Crippen LogP contribution is -2.35. The fourth-order valence-electron chi connectivity index (χ4n) is 3.85. The van der Waals surface area contributed by atoms with Crippen LogP contribution in [0.25, 0.3) is 10.9 Å². The number of carbonyl (C=O) groups excluding carboxylic acids is 1. The van der Waals surface area contributed by atoms with Crippen LogP contribution in [0.15, 0.2) is 53.6 Å². The Kier molecular flexibility index (Phi) is 6.19. The molecule has 6 nitrogen and oxygen atoms in total. The van der Waals surface area contributed by atoms with Crippen LogP contribution < -0.4 is 5.32 Å². The molecule has 33 heavy (non-hydrogen) atoms. The van der Waals surface area contributed by atoms with E-state index >= 15 is 0 Å². The number of nitrogens with one attached hydrogen (secondary N) is 1. The molecule has 176 valence electrons. The van der Waals surface area contributed by atoms with E-state index in [1.165, 1.54) is 28.7 Å². The highest BCUT2D eigenvalue weighted by atomic mass is 32.2. The first-order valence-corrected chi connectivity index (χ1v) is 11.8. The summed E-state index contributed by atoms with van der Waals surface area (Å²) >= 11 is 0. The third-order valence-corrected chi connectivity index (χ3v) is 7.54. The monoisotopic (exact) mass is 483 g/mol. The summed E-state index contributed by atoms with van der Waals surface area (Å²) in [4.78, 5) is 12.7. The summed E-state index contributed by atoms with van der Waals surface area (Å²) < 4.78 is 80.5. The summed E-state index contributed by atoms with van der Waals surface area (Å²) in [5, 5.41) is 2.67. The standard InChI is InChI=1S/C22H21F4N3O3S/c23-19-13-20-16(12-18(19)22(24,25)26)8-11-29(20)21(30)27-14-15-4-6-17(7-5-15)33(31,32)28-9-2-1-3-10-28/h4-8,11-13H,1-3,9-10,14H2,(H,27,30). The Balaban J connectivity index is 1.46. The van der Waals surface area contributed by atoms with Gasteiger partial charge in [-0.15, -0.1) is 0 Å². The van der Waals surface area contributed by atoms with E-state index in [9.17, 15) is 30.8 Å². The van der Waals surface area contributed by atoms with Crippen molar-refractivity contribution in [3.8, 4) is 0 Å². The molecule has 1 N–H and O–H groups in total. The second-order valence-corrected chi connectivity index (χ2v) is 9.78. The van der Waals surface area contributed by atoms with Gasteiger partial charge in [0.2, 0.25) is 10.0 Å². The number of hydrogen-bond donors (Lipinski definition) is 1. The Bertz CT molecular complexity index is 1280. The van der Waals surface area contributed by atoms with E-state index in [4.69, 9.17) is 0 Å². The highest BCUT2D eigenvalue weighted by Gasteiger charge is 2.34. The van der Waals surface area contributed by atoms with Gasteiger partial charge in [-0.1, -0.05) is 18.6 Å². The van der Waals surface area contributed by atoms with Crippen molar-refractivity contribution in [1.29, 1.82) is 0 Å². The summed E-state index contributed by atoms with van der Waals surface area (Å²) in [6.07, 6.45) is -0.903. The first-order valence-electron chi connectivity index (χ1n) is 10.3. The second kappa shape index (κ2) is 8.79. The second-order valence-electron chi connectivity index (χ2n) is 7.84. The van der Waals surface area contributed by atoms with E-state index in [0.717, 1.165) is 23.8 Å². The van der Waals surface area contributed by atoms with E-state index in [-0.39, 0.29) is 22.3 Å². The molecule has 1 saturated heterocycles. The fraction of sp³-hybridized carbons (Fsp3) is 0.318. The predicted molar refractivity (Wildman–Crippen MR) is 114 cm³/mol. The molecule has 1 amide bonds. The Morgan fingerprint density at radius 1 is 1.00 bits per heavy atom. The van der Waals surface area contributed by atoms with Crippen LogP contribution in [0.1, 0.15) is 30.4 Å². The SMILES string of the molecule is O=C(NCc1ccc(S(=O)(=O)N2CCCCC2)cc1)n1ccc2cc(C(F)(F)F)c(F)cc21. The molecule has 0 aliphatic carbocycles. The molecule has 1 aliphatic heterocycles. The lowest BCUT2D eigenvalue weighted by atomic mass is 10.1. The number of aromatic nitrogens is 1. The van der Waals surface area contributed by atoms with Crippen LogP contribution in [0.5, 0.6) is 0 Å². The van der Waals surface area contributed by atoms with E-state index in [1.54, 1.807) is 12.1 Å². The molecule has 1 aliphatic rings. The lowest BCUT2D eigenvalue weighted by Gasteiger charge is -2.25. The van der Waals surface area contributed by atoms with Crippen molar-refractivity contribution < 1.29 is 30.8 Å². The smallest absolute Gasteiger partial charge is 0.333 e. The molecule has 0 saturated carbocycles. The predicted octanol–water partition coefficient (Wildman–Crippen LogP) is 4.73. The average molecular weight is 483 g/mol. The molecule has 1 fully saturated rings. The van der Waals surface area contributed by atoms with E-state index in [1.807, 2.05) is 0 Å². The van der Waals surface area contributed by atoms with Crippen molar-refractivity contribution in [2.24, 2.45) is 0 Å². The van der Waals surface area contributed by atoms with Gasteiger partial charge in [-0.05, 0) is 48.7 Å². The minimum absolute atomic E-state index is 0.000901. The molecule has 0 atom stereocenters. The van der Waals surface area contributed by atoms with Crippen LogP contribution in [-0.4, -0.2) is 36.4 Å². The Hall–Kier alpha value is -2.92. The number of fused-ring (bicyclic) bond motifs is 1. The number of piperidine rings is 1. The largest absolute Gasteiger partial charge is 0.419 e. The molecule has 0 unspecified atom stereocenters. The third kappa shape index (κ3) is 4.74. The number of sulfonamides is 1. The topological polar surface area (TPSA) is 71.4 Å². The molecule has 0 radical (unpaired) electrons. The maximum Gasteiger partial charge on any atom is 0.419 e. The zero-order valence-corrected chi connectivity index (χ0v) is 18.2.